The number of amides is 1. The highest BCUT2D eigenvalue weighted by atomic mass is 16.5. The van der Waals surface area contributed by atoms with Gasteiger partial charge in [-0.05, 0) is 42.5 Å². The molecule has 7 nitrogen and oxygen atoms in total. The summed E-state index contributed by atoms with van der Waals surface area (Å²) in [6.07, 6.45) is 1.52. The van der Waals surface area contributed by atoms with E-state index in [1.807, 2.05) is 36.4 Å². The highest BCUT2D eigenvalue weighted by Gasteiger charge is 2.16. The van der Waals surface area contributed by atoms with Crippen molar-refractivity contribution >= 4 is 22.7 Å². The van der Waals surface area contributed by atoms with Crippen LogP contribution in [0, 0.1) is 0 Å². The van der Waals surface area contributed by atoms with Crippen molar-refractivity contribution < 1.29 is 18.2 Å². The van der Waals surface area contributed by atoms with Gasteiger partial charge < -0.3 is 18.7 Å². The summed E-state index contributed by atoms with van der Waals surface area (Å²) < 4.78 is 16.2. The zero-order chi connectivity index (χ0) is 18.9. The molecule has 0 unspecified atom stereocenters. The van der Waals surface area contributed by atoms with E-state index < -0.39 is 5.91 Å². The number of nitrogens with zero attached hydrogens (tertiary/aromatic N) is 2. The van der Waals surface area contributed by atoms with Gasteiger partial charge in [0.2, 0.25) is 11.7 Å². The maximum Gasteiger partial charge on any atom is 0.277 e. The molecule has 0 bridgehead atoms. The molecule has 0 atom stereocenters. The molecule has 1 amide bonds. The summed E-state index contributed by atoms with van der Waals surface area (Å²) in [6.45, 7) is 0. The van der Waals surface area contributed by atoms with Gasteiger partial charge in [-0.3, -0.25) is 4.79 Å². The fourth-order valence-corrected chi connectivity index (χ4v) is 2.84. The number of carbonyl (C=O) groups is 1. The highest BCUT2D eigenvalue weighted by Crippen LogP contribution is 2.26. The third-order valence-electron chi connectivity index (χ3n) is 4.17. The minimum absolute atomic E-state index is 0.152. The molecule has 7 heteroatoms. The first-order valence-corrected chi connectivity index (χ1v) is 8.54. The van der Waals surface area contributed by atoms with Crippen LogP contribution in [0.15, 0.2) is 86.4 Å². The first kappa shape index (κ1) is 16.1. The molecule has 3 aromatic heterocycles. The second-order valence-corrected chi connectivity index (χ2v) is 6.08. The van der Waals surface area contributed by atoms with Crippen LogP contribution in [0.25, 0.3) is 34.1 Å². The van der Waals surface area contributed by atoms with Crippen molar-refractivity contribution in [1.82, 2.24) is 10.1 Å². The average Bonchev–Trinajstić information content (AvgIpc) is 3.47. The standard InChI is InChI=1S/C21H13N3O4/c25-20(16-12-19(28-24-16)18-9-4-10-26-18)22-14-6-3-5-13(11-14)21-23-15-7-1-2-8-17(15)27-21/h1-12H,(H,22,25). The van der Waals surface area contributed by atoms with Gasteiger partial charge >= 0.3 is 0 Å². The lowest BCUT2D eigenvalue weighted by Crippen LogP contribution is -2.12. The third-order valence-corrected chi connectivity index (χ3v) is 4.17. The number of furan rings is 1. The van der Waals surface area contributed by atoms with Gasteiger partial charge in [0.25, 0.3) is 5.91 Å². The molecular formula is C21H13N3O4. The number of oxazole rings is 1. The van der Waals surface area contributed by atoms with E-state index in [2.05, 4.69) is 15.5 Å². The normalized spacial score (nSPS) is 11.0. The second-order valence-electron chi connectivity index (χ2n) is 6.08. The van der Waals surface area contributed by atoms with Crippen LogP contribution in [0.3, 0.4) is 0 Å². The molecule has 5 rings (SSSR count). The quantitative estimate of drug-likeness (QED) is 0.478. The highest BCUT2D eigenvalue weighted by molar-refractivity contribution is 6.03. The largest absolute Gasteiger partial charge is 0.461 e. The van der Waals surface area contributed by atoms with E-state index in [0.717, 1.165) is 11.1 Å². The van der Waals surface area contributed by atoms with Crippen molar-refractivity contribution in [1.29, 1.82) is 0 Å². The van der Waals surface area contributed by atoms with Crippen molar-refractivity contribution in [2.75, 3.05) is 5.32 Å². The van der Waals surface area contributed by atoms with Crippen molar-refractivity contribution in [3.8, 4) is 23.0 Å². The van der Waals surface area contributed by atoms with E-state index >= 15 is 0 Å². The van der Waals surface area contributed by atoms with Gasteiger partial charge in [0.05, 0.1) is 6.26 Å². The van der Waals surface area contributed by atoms with Gasteiger partial charge in [0.15, 0.2) is 17.0 Å². The summed E-state index contributed by atoms with van der Waals surface area (Å²) in [5.41, 5.74) is 2.98. The Bertz CT molecular complexity index is 1230. The maximum atomic E-state index is 12.5. The van der Waals surface area contributed by atoms with Crippen LogP contribution in [0.2, 0.25) is 0 Å². The molecule has 3 heterocycles. The molecule has 5 aromatic rings. The number of anilines is 1. The number of rotatable bonds is 4. The Morgan fingerprint density at radius 1 is 0.929 bits per heavy atom. The van der Waals surface area contributed by atoms with Crippen LogP contribution in [-0.4, -0.2) is 16.0 Å². The smallest absolute Gasteiger partial charge is 0.277 e. The molecule has 0 saturated heterocycles. The molecular weight excluding hydrogens is 358 g/mol. The lowest BCUT2D eigenvalue weighted by atomic mass is 10.2. The zero-order valence-electron chi connectivity index (χ0n) is 14.5. The fourth-order valence-electron chi connectivity index (χ4n) is 2.84. The van der Waals surface area contributed by atoms with Gasteiger partial charge in [-0.1, -0.05) is 23.4 Å². The van der Waals surface area contributed by atoms with E-state index in [0.29, 0.717) is 28.7 Å². The van der Waals surface area contributed by atoms with Crippen LogP contribution in [0.4, 0.5) is 5.69 Å². The minimum Gasteiger partial charge on any atom is -0.461 e. The number of hydrogen-bond acceptors (Lipinski definition) is 6. The zero-order valence-corrected chi connectivity index (χ0v) is 14.5. The molecule has 136 valence electrons. The fraction of sp³-hybridized carbons (Fsp3) is 0. The summed E-state index contributed by atoms with van der Waals surface area (Å²) >= 11 is 0. The number of nitrogens with one attached hydrogen (secondary N) is 1. The third kappa shape index (κ3) is 2.95. The Balaban J connectivity index is 1.38. The Morgan fingerprint density at radius 2 is 1.86 bits per heavy atom. The number of carbonyl (C=O) groups excluding carboxylic acids is 1. The summed E-state index contributed by atoms with van der Waals surface area (Å²) in [5.74, 6) is 0.981. The van der Waals surface area contributed by atoms with Crippen LogP contribution < -0.4 is 5.32 Å². The minimum atomic E-state index is -0.392. The van der Waals surface area contributed by atoms with Crippen LogP contribution >= 0.6 is 0 Å². The first-order chi connectivity index (χ1) is 13.8. The number of hydrogen-bond donors (Lipinski definition) is 1. The summed E-state index contributed by atoms with van der Waals surface area (Å²) in [5, 5.41) is 6.60. The van der Waals surface area contributed by atoms with E-state index in [4.69, 9.17) is 13.4 Å². The van der Waals surface area contributed by atoms with Gasteiger partial charge in [0, 0.05) is 17.3 Å². The van der Waals surface area contributed by atoms with E-state index in [1.165, 1.54) is 12.3 Å². The summed E-state index contributed by atoms with van der Waals surface area (Å²) in [6, 6.07) is 19.8. The number of para-hydroxylation sites is 2. The van der Waals surface area contributed by atoms with Crippen molar-refractivity contribution in [3.05, 3.63) is 78.7 Å². The molecule has 0 aliphatic heterocycles. The lowest BCUT2D eigenvalue weighted by Gasteiger charge is -2.04. The molecule has 2 aromatic carbocycles. The van der Waals surface area contributed by atoms with Gasteiger partial charge in [-0.25, -0.2) is 4.98 Å². The monoisotopic (exact) mass is 371 g/mol. The molecule has 1 N–H and O–H groups in total. The lowest BCUT2D eigenvalue weighted by molar-refractivity contribution is 0.101. The first-order valence-electron chi connectivity index (χ1n) is 8.54. The number of aromatic nitrogens is 2. The Hall–Kier alpha value is -4.13. The van der Waals surface area contributed by atoms with Gasteiger partial charge in [0.1, 0.15) is 5.52 Å². The van der Waals surface area contributed by atoms with E-state index in [9.17, 15) is 4.79 Å². The van der Waals surface area contributed by atoms with Crippen molar-refractivity contribution in [2.24, 2.45) is 0 Å². The molecule has 0 aliphatic rings. The molecule has 0 fully saturated rings. The van der Waals surface area contributed by atoms with Crippen LogP contribution in [0.5, 0.6) is 0 Å². The van der Waals surface area contributed by atoms with Gasteiger partial charge in [-0.15, -0.1) is 0 Å². The number of benzene rings is 2. The van der Waals surface area contributed by atoms with Crippen molar-refractivity contribution in [3.63, 3.8) is 0 Å². The summed E-state index contributed by atoms with van der Waals surface area (Å²) in [4.78, 5) is 17.0. The van der Waals surface area contributed by atoms with Crippen LogP contribution in [0.1, 0.15) is 10.5 Å². The van der Waals surface area contributed by atoms with E-state index in [1.54, 1.807) is 24.3 Å². The van der Waals surface area contributed by atoms with E-state index in [-0.39, 0.29) is 5.69 Å². The molecule has 0 aliphatic carbocycles. The van der Waals surface area contributed by atoms with Gasteiger partial charge in [-0.2, -0.15) is 0 Å². The summed E-state index contributed by atoms with van der Waals surface area (Å²) in [7, 11) is 0. The predicted molar refractivity (Wildman–Crippen MR) is 102 cm³/mol. The van der Waals surface area contributed by atoms with Crippen LogP contribution in [-0.2, 0) is 0 Å². The topological polar surface area (TPSA) is 94.3 Å². The molecule has 0 saturated carbocycles. The van der Waals surface area contributed by atoms with Crippen molar-refractivity contribution in [2.45, 2.75) is 0 Å². The average molecular weight is 371 g/mol. The second kappa shape index (κ2) is 6.55. The number of fused-ring (bicyclic) bond motifs is 1. The maximum absolute atomic E-state index is 12.5. The molecule has 0 radical (unpaired) electrons. The SMILES string of the molecule is O=C(Nc1cccc(-c2nc3ccccc3o2)c1)c1cc(-c2ccco2)on1. The molecule has 0 spiro atoms. The Morgan fingerprint density at radius 3 is 2.71 bits per heavy atom. The Kier molecular flexibility index (Phi) is 3.76. The molecule has 28 heavy (non-hydrogen) atoms. The predicted octanol–water partition coefficient (Wildman–Crippen LogP) is 5.00. The Labute approximate surface area is 158 Å².